The number of hydrogen-bond acceptors (Lipinski definition) is 11. The molecule has 0 aromatic heterocycles. The van der Waals surface area contributed by atoms with Crippen molar-refractivity contribution in [2.75, 3.05) is 19.0 Å². The van der Waals surface area contributed by atoms with Crippen LogP contribution in [0.3, 0.4) is 0 Å². The van der Waals surface area contributed by atoms with Crippen LogP contribution in [0.4, 0.5) is 0 Å². The van der Waals surface area contributed by atoms with E-state index in [0.29, 0.717) is 19.3 Å². The van der Waals surface area contributed by atoms with Crippen LogP contribution in [0.25, 0.3) is 0 Å². The average Bonchev–Trinajstić information content (AvgIpc) is 3.31. The van der Waals surface area contributed by atoms with E-state index < -0.39 is 71.2 Å². The van der Waals surface area contributed by atoms with E-state index in [1.165, 1.54) is 128 Å². The Morgan fingerprint density at radius 2 is 0.897 bits per heavy atom. The lowest BCUT2D eigenvalue weighted by Gasteiger charge is -2.40. The largest absolute Gasteiger partial charge is 0.462 e. The number of unbranched alkanes of at least 4 members (excludes halogenated alkanes) is 26. The van der Waals surface area contributed by atoms with Crippen LogP contribution in [0.15, 0.2) is 48.6 Å². The highest BCUT2D eigenvalue weighted by Gasteiger charge is 2.46. The second-order valence-corrected chi connectivity index (χ2v) is 20.4. The van der Waals surface area contributed by atoms with Crippen LogP contribution in [0.5, 0.6) is 0 Å². The van der Waals surface area contributed by atoms with Crippen LogP contribution in [0.2, 0.25) is 0 Å². The average molecular weight is 983 g/mol. The molecule has 12 nitrogen and oxygen atoms in total. The van der Waals surface area contributed by atoms with Gasteiger partial charge in [0.1, 0.15) is 36.8 Å². The number of esters is 2. The van der Waals surface area contributed by atoms with E-state index in [1.807, 2.05) is 0 Å². The van der Waals surface area contributed by atoms with Gasteiger partial charge in [0.25, 0.3) is 10.1 Å². The van der Waals surface area contributed by atoms with Crippen LogP contribution in [-0.2, 0) is 38.7 Å². The molecular weight excluding hydrogens is 885 g/mol. The maximum absolute atomic E-state index is 12.9. The number of aliphatic hydroxyl groups is 3. The molecule has 0 saturated carbocycles. The SMILES string of the molecule is CCCCC/C=C/C/C=C/C/C=C/CCCCCCC(=O)OC[C@H](CO[C@H]1O[C@H](CS(=O)(=O)O)[C@@H](O)C(O)C1O)OC(=O)CCC/C=C/CCCCCCCCCCCCCCCCCCCC. The van der Waals surface area contributed by atoms with E-state index in [-0.39, 0.29) is 19.4 Å². The Morgan fingerprint density at radius 1 is 0.500 bits per heavy atom. The molecule has 13 heteroatoms. The van der Waals surface area contributed by atoms with Crippen molar-refractivity contribution in [3.63, 3.8) is 0 Å². The van der Waals surface area contributed by atoms with Gasteiger partial charge in [-0.1, -0.05) is 197 Å². The molecule has 68 heavy (non-hydrogen) atoms. The summed E-state index contributed by atoms with van der Waals surface area (Å²) in [4.78, 5) is 25.5. The maximum Gasteiger partial charge on any atom is 0.306 e. The van der Waals surface area contributed by atoms with Gasteiger partial charge in [0, 0.05) is 12.8 Å². The van der Waals surface area contributed by atoms with E-state index in [2.05, 4.69) is 62.5 Å². The van der Waals surface area contributed by atoms with Gasteiger partial charge in [-0.05, 0) is 70.6 Å². The molecule has 0 radical (unpaired) electrons. The minimum absolute atomic E-state index is 0.112. The monoisotopic (exact) mass is 983 g/mol. The second-order valence-electron chi connectivity index (χ2n) is 18.9. The molecule has 0 aromatic rings. The molecule has 0 amide bonds. The summed E-state index contributed by atoms with van der Waals surface area (Å²) in [5, 5.41) is 31.0. The number of carbonyl (C=O) groups excluding carboxylic acids is 2. The van der Waals surface area contributed by atoms with Gasteiger partial charge in [0.05, 0.1) is 6.61 Å². The number of carbonyl (C=O) groups is 2. The molecule has 0 spiro atoms. The quantitative estimate of drug-likeness (QED) is 0.0196. The Morgan fingerprint density at radius 3 is 1.40 bits per heavy atom. The number of aliphatic hydroxyl groups excluding tert-OH is 3. The van der Waals surface area contributed by atoms with E-state index in [1.54, 1.807) is 0 Å². The van der Waals surface area contributed by atoms with Gasteiger partial charge in [-0.15, -0.1) is 0 Å². The summed E-state index contributed by atoms with van der Waals surface area (Å²) in [6.07, 6.45) is 45.9. The highest BCUT2D eigenvalue weighted by Crippen LogP contribution is 2.24. The van der Waals surface area contributed by atoms with Crippen LogP contribution in [0, 0.1) is 0 Å². The summed E-state index contributed by atoms with van der Waals surface area (Å²) in [5.74, 6) is -2.05. The van der Waals surface area contributed by atoms with E-state index >= 15 is 0 Å². The first-order valence-corrected chi connectivity index (χ1v) is 28.8. The molecule has 0 aromatic carbocycles. The third-order valence-electron chi connectivity index (χ3n) is 12.4. The third-order valence-corrected chi connectivity index (χ3v) is 13.1. The van der Waals surface area contributed by atoms with Crippen LogP contribution in [-0.4, -0.2) is 96.0 Å². The predicted molar refractivity (Wildman–Crippen MR) is 275 cm³/mol. The first-order valence-electron chi connectivity index (χ1n) is 27.2. The van der Waals surface area contributed by atoms with Gasteiger partial charge >= 0.3 is 11.9 Å². The van der Waals surface area contributed by atoms with Gasteiger partial charge in [0.2, 0.25) is 0 Å². The summed E-state index contributed by atoms with van der Waals surface area (Å²) in [7, 11) is -4.61. The Balaban J connectivity index is 2.37. The normalized spacial score (nSPS) is 19.5. The molecular formula is C55H98O12S. The molecule has 1 rings (SSSR count). The molecule has 1 saturated heterocycles. The van der Waals surface area contributed by atoms with Gasteiger partial charge in [-0.25, -0.2) is 0 Å². The van der Waals surface area contributed by atoms with Gasteiger partial charge < -0.3 is 34.3 Å². The Kier molecular flexibility index (Phi) is 41.7. The van der Waals surface area contributed by atoms with Crippen molar-refractivity contribution in [1.82, 2.24) is 0 Å². The van der Waals surface area contributed by atoms with Crippen LogP contribution in [0.1, 0.15) is 232 Å². The molecule has 0 aliphatic carbocycles. The molecule has 6 atom stereocenters. The number of rotatable bonds is 46. The summed E-state index contributed by atoms with van der Waals surface area (Å²) >= 11 is 0. The van der Waals surface area contributed by atoms with Crippen molar-refractivity contribution in [2.24, 2.45) is 0 Å². The third kappa shape index (κ3) is 38.4. The fourth-order valence-electron chi connectivity index (χ4n) is 8.16. The van der Waals surface area contributed by atoms with Crippen molar-refractivity contribution in [1.29, 1.82) is 0 Å². The number of allylic oxidation sites excluding steroid dienone is 8. The molecule has 2 unspecified atom stereocenters. The Bertz CT molecular complexity index is 1430. The zero-order valence-corrected chi connectivity index (χ0v) is 43.5. The van der Waals surface area contributed by atoms with E-state index in [9.17, 15) is 37.9 Å². The number of hydrogen-bond donors (Lipinski definition) is 4. The molecule has 1 fully saturated rings. The Hall–Kier alpha value is -2.39. The van der Waals surface area contributed by atoms with E-state index in [0.717, 1.165) is 57.8 Å². The standard InChI is InChI=1S/C55H98O12S/c1-3-5-7-9-11-13-15-17-19-21-22-23-24-25-26-28-30-32-34-36-38-40-42-44-51(57)66-48(46-65-55-54(60)53(59)52(58)49(67-55)47-68(61,62)63)45-64-50(56)43-41-39-37-35-33-31-29-27-20-18-16-14-12-10-8-6-4-2/h12,14,18,20,29,31,36,38,48-49,52-55,58-60H,3-11,13,15-17,19,21-28,30,32-35,37,39-47H2,1-2H3,(H,61,62,63)/b14-12+,20-18+,31-29+,38-36+/t48-,49-,52-,53?,54?,55+/m1/s1. The zero-order chi connectivity index (χ0) is 49.8. The molecule has 4 N–H and O–H groups in total. The van der Waals surface area contributed by atoms with Crippen molar-refractivity contribution in [3.8, 4) is 0 Å². The van der Waals surface area contributed by atoms with Crippen molar-refractivity contribution < 1.29 is 56.8 Å². The Labute approximate surface area is 413 Å². The summed E-state index contributed by atoms with van der Waals surface area (Å²) in [6, 6.07) is 0. The summed E-state index contributed by atoms with van der Waals surface area (Å²) < 4.78 is 54.2. The topological polar surface area (TPSA) is 186 Å². The fraction of sp³-hybridized carbons (Fsp3) is 0.818. The first-order chi connectivity index (χ1) is 33.0. The van der Waals surface area contributed by atoms with Crippen LogP contribution >= 0.6 is 0 Å². The molecule has 1 aliphatic heterocycles. The van der Waals surface area contributed by atoms with Gasteiger partial charge in [-0.2, -0.15) is 8.42 Å². The predicted octanol–water partition coefficient (Wildman–Crippen LogP) is 12.7. The van der Waals surface area contributed by atoms with Crippen molar-refractivity contribution >= 4 is 22.1 Å². The lowest BCUT2D eigenvalue weighted by Crippen LogP contribution is -2.60. The van der Waals surface area contributed by atoms with Gasteiger partial charge in [0.15, 0.2) is 12.4 Å². The van der Waals surface area contributed by atoms with Crippen molar-refractivity contribution in [3.05, 3.63) is 48.6 Å². The molecule has 396 valence electrons. The minimum Gasteiger partial charge on any atom is -0.462 e. The van der Waals surface area contributed by atoms with Crippen molar-refractivity contribution in [2.45, 2.75) is 269 Å². The zero-order valence-electron chi connectivity index (χ0n) is 42.7. The van der Waals surface area contributed by atoms with Gasteiger partial charge in [-0.3, -0.25) is 14.1 Å². The highest BCUT2D eigenvalue weighted by molar-refractivity contribution is 7.85. The molecule has 1 heterocycles. The maximum atomic E-state index is 12.9. The van der Waals surface area contributed by atoms with E-state index in [4.69, 9.17) is 18.9 Å². The lowest BCUT2D eigenvalue weighted by atomic mass is 10.00. The highest BCUT2D eigenvalue weighted by atomic mass is 32.2. The van der Waals surface area contributed by atoms with Crippen LogP contribution < -0.4 is 0 Å². The lowest BCUT2D eigenvalue weighted by molar-refractivity contribution is -0.297. The first kappa shape index (κ1) is 63.6. The molecule has 1 aliphatic rings. The minimum atomic E-state index is -4.61. The fourth-order valence-corrected chi connectivity index (χ4v) is 8.85. The molecule has 0 bridgehead atoms. The summed E-state index contributed by atoms with van der Waals surface area (Å²) in [6.45, 7) is 3.73. The summed E-state index contributed by atoms with van der Waals surface area (Å²) in [5.41, 5.74) is 0. The second kappa shape index (κ2) is 44.5. The smallest absolute Gasteiger partial charge is 0.306 e. The number of ether oxygens (including phenoxy) is 4.